The summed E-state index contributed by atoms with van der Waals surface area (Å²) in [7, 11) is 1.40. The molecule has 0 aromatic carbocycles. The van der Waals surface area contributed by atoms with Crippen molar-refractivity contribution in [2.45, 2.75) is 6.61 Å². The van der Waals surface area contributed by atoms with Crippen LogP contribution in [0.5, 0.6) is 5.19 Å². The summed E-state index contributed by atoms with van der Waals surface area (Å²) in [5.41, 5.74) is -0.608. The molecular weight excluding hydrogens is 301 g/mol. The molecule has 0 unspecified atom stereocenters. The van der Waals surface area contributed by atoms with Gasteiger partial charge in [0.25, 0.3) is 5.19 Å². The molecule has 21 heavy (non-hydrogen) atoms. The Morgan fingerprint density at radius 1 is 1.52 bits per heavy atom. The highest BCUT2D eigenvalue weighted by molar-refractivity contribution is 7.11. The minimum atomic E-state index is -0.704. The molecule has 0 aliphatic carbocycles. The third-order valence-electron chi connectivity index (χ3n) is 2.51. The fourth-order valence-electron chi connectivity index (χ4n) is 1.51. The van der Waals surface area contributed by atoms with Crippen molar-refractivity contribution in [2.75, 3.05) is 0 Å². The van der Waals surface area contributed by atoms with Crippen molar-refractivity contribution in [3.63, 3.8) is 0 Å². The highest BCUT2D eigenvalue weighted by Gasteiger charge is 2.18. The first-order valence-electron chi connectivity index (χ1n) is 6.10. The number of aromatic nitrogens is 7. The van der Waals surface area contributed by atoms with E-state index in [1.807, 2.05) is 0 Å². The third-order valence-corrected chi connectivity index (χ3v) is 3.15. The van der Waals surface area contributed by atoms with Crippen molar-refractivity contribution < 1.29 is 10.5 Å². The van der Waals surface area contributed by atoms with Gasteiger partial charge in [-0.1, -0.05) is 11.3 Å². The predicted molar refractivity (Wildman–Crippen MR) is 68.6 cm³/mol. The highest BCUT2D eigenvalue weighted by Crippen LogP contribution is 2.18. The second-order valence-electron chi connectivity index (χ2n) is 3.82. The van der Waals surface area contributed by atoms with E-state index >= 15 is 0 Å². The minimum Gasteiger partial charge on any atom is -0.465 e. The lowest BCUT2D eigenvalue weighted by Crippen LogP contribution is -2.24. The average Bonchev–Trinajstić information content (AvgIpc) is 3.05. The molecule has 0 fully saturated rings. The molecule has 3 aromatic heterocycles. The number of hydrogen-bond acceptors (Lipinski definition) is 8. The van der Waals surface area contributed by atoms with E-state index in [0.29, 0.717) is 0 Å². The zero-order valence-corrected chi connectivity index (χ0v) is 11.4. The summed E-state index contributed by atoms with van der Waals surface area (Å²) in [5.74, 6) is -0.814. The Labute approximate surface area is 122 Å². The smallest absolute Gasteiger partial charge is 0.369 e. The summed E-state index contributed by atoms with van der Waals surface area (Å²) >= 11 is 1.10. The topological polar surface area (TPSA) is 101 Å². The minimum absolute atomic E-state index is 0.0145. The fraction of sp³-hybridized carbons (Fsp3) is 0.200. The van der Waals surface area contributed by atoms with Gasteiger partial charge in [-0.3, -0.25) is 0 Å². The fourth-order valence-corrected chi connectivity index (χ4v) is 1.95. The van der Waals surface area contributed by atoms with Gasteiger partial charge in [0.15, 0.2) is 11.6 Å². The summed E-state index contributed by atoms with van der Waals surface area (Å²) in [5, 5.41) is 16.0. The van der Waals surface area contributed by atoms with E-state index in [1.165, 1.54) is 12.4 Å². The van der Waals surface area contributed by atoms with Gasteiger partial charge in [-0.25, -0.2) is 14.2 Å². The van der Waals surface area contributed by atoms with Gasteiger partial charge in [-0.15, -0.1) is 9.78 Å². The molecule has 0 atom stereocenters. The Morgan fingerprint density at radius 2 is 2.38 bits per heavy atom. The van der Waals surface area contributed by atoms with Crippen LogP contribution in [0.15, 0.2) is 22.5 Å². The van der Waals surface area contributed by atoms with Crippen molar-refractivity contribution in [3.8, 4) is 11.0 Å². The second kappa shape index (κ2) is 5.36. The normalized spacial score (nSPS) is 11.4. The van der Waals surface area contributed by atoms with Gasteiger partial charge < -0.3 is 4.74 Å². The van der Waals surface area contributed by atoms with Crippen LogP contribution < -0.4 is 10.4 Å². The molecule has 0 N–H and O–H groups in total. The Morgan fingerprint density at radius 3 is 3.05 bits per heavy atom. The Kier molecular flexibility index (Phi) is 3.08. The van der Waals surface area contributed by atoms with E-state index in [4.69, 9.17) is 6.11 Å². The van der Waals surface area contributed by atoms with Gasteiger partial charge in [0.1, 0.15) is 6.61 Å². The van der Waals surface area contributed by atoms with Gasteiger partial charge in [0.2, 0.25) is 0 Å². The number of tetrazole rings is 1. The molecule has 108 valence electrons. The van der Waals surface area contributed by atoms with Crippen molar-refractivity contribution in [2.24, 2.45) is 7.05 Å². The van der Waals surface area contributed by atoms with Crippen LogP contribution in [0.2, 0.25) is 0 Å². The first-order chi connectivity index (χ1) is 10.6. The molecule has 3 rings (SSSR count). The van der Waals surface area contributed by atoms with E-state index in [9.17, 15) is 9.18 Å². The molecule has 9 nitrogen and oxygen atoms in total. The van der Waals surface area contributed by atoms with E-state index in [1.54, 1.807) is 0 Å². The summed E-state index contributed by atoms with van der Waals surface area (Å²) < 4.78 is 28.4. The average molecular weight is 311 g/mol. The summed E-state index contributed by atoms with van der Waals surface area (Å²) in [4.78, 5) is 15.6. The van der Waals surface area contributed by atoms with E-state index in [0.717, 1.165) is 26.9 Å². The van der Waals surface area contributed by atoms with Crippen molar-refractivity contribution in [1.82, 2.24) is 35.0 Å². The largest absolute Gasteiger partial charge is 0.465 e. The van der Waals surface area contributed by atoms with Crippen LogP contribution in [0.3, 0.4) is 0 Å². The molecule has 0 aliphatic rings. The lowest BCUT2D eigenvalue weighted by Gasteiger charge is -2.07. The maximum Gasteiger partial charge on any atom is 0.369 e. The molecule has 3 heterocycles. The van der Waals surface area contributed by atoms with Crippen LogP contribution in [-0.2, 0) is 13.7 Å². The lowest BCUT2D eigenvalue weighted by atomic mass is 10.3. The van der Waals surface area contributed by atoms with Gasteiger partial charge in [0, 0.05) is 18.6 Å². The van der Waals surface area contributed by atoms with Crippen LogP contribution in [-0.4, -0.2) is 35.0 Å². The molecule has 0 amide bonds. The van der Waals surface area contributed by atoms with Crippen molar-refractivity contribution >= 4 is 11.3 Å². The maximum atomic E-state index is 14.0. The zero-order valence-electron chi connectivity index (χ0n) is 11.6. The van der Waals surface area contributed by atoms with E-state index in [2.05, 4.69) is 25.6 Å². The number of rotatable bonds is 4. The molecule has 0 saturated carbocycles. The molecule has 11 heteroatoms. The van der Waals surface area contributed by atoms with Crippen LogP contribution in [0, 0.1) is 5.82 Å². The third kappa shape index (κ3) is 2.50. The number of ether oxygens (including phenoxy) is 1. The Bertz CT molecular complexity index is 876. The van der Waals surface area contributed by atoms with E-state index in [-0.39, 0.29) is 29.4 Å². The number of halogens is 1. The van der Waals surface area contributed by atoms with Gasteiger partial charge in [0.05, 0.1) is 13.1 Å². The summed E-state index contributed by atoms with van der Waals surface area (Å²) in [6.07, 6.45) is 0.958. The van der Waals surface area contributed by atoms with Crippen LogP contribution in [0.1, 0.15) is 6.93 Å². The molecule has 0 bridgehead atoms. The van der Waals surface area contributed by atoms with Crippen molar-refractivity contribution in [3.05, 3.63) is 39.6 Å². The number of aryl methyl sites for hydroxylation is 1. The molecule has 0 radical (unpaired) electrons. The molecule has 0 spiro atoms. The quantitative estimate of drug-likeness (QED) is 0.664. The highest BCUT2D eigenvalue weighted by atomic mass is 32.1. The number of nitrogens with zero attached hydrogens (tertiary/aromatic N) is 7. The molecule has 3 aromatic rings. The molecule has 0 aliphatic heterocycles. The monoisotopic (exact) mass is 311 g/mol. The lowest BCUT2D eigenvalue weighted by molar-refractivity contribution is 0.296. The van der Waals surface area contributed by atoms with Gasteiger partial charge in [-0.05, 0) is 10.4 Å². The first-order valence-corrected chi connectivity index (χ1v) is 6.48. The summed E-state index contributed by atoms with van der Waals surface area (Å²) in [6.45, 7) is -0.243. The van der Waals surface area contributed by atoms with Crippen LogP contribution in [0.25, 0.3) is 5.82 Å². The SMILES string of the molecule is [3H]c1csc(OCc2c(F)cnnc2-n2nnn(C)c2=O)n1. The molecule has 0 saturated heterocycles. The first kappa shape index (κ1) is 12.1. The van der Waals surface area contributed by atoms with Gasteiger partial charge >= 0.3 is 5.69 Å². The second-order valence-corrected chi connectivity index (χ2v) is 4.64. The predicted octanol–water partition coefficient (Wildman–Crippen LogP) is -0.0694. The van der Waals surface area contributed by atoms with Crippen LogP contribution in [0.4, 0.5) is 4.39 Å². The number of hydrogen-bond donors (Lipinski definition) is 0. The van der Waals surface area contributed by atoms with Gasteiger partial charge in [-0.2, -0.15) is 9.78 Å². The number of thiazole rings is 1. The Balaban J connectivity index is 1.96. The van der Waals surface area contributed by atoms with E-state index < -0.39 is 11.5 Å². The van der Waals surface area contributed by atoms with Crippen LogP contribution >= 0.6 is 11.3 Å². The summed E-state index contributed by atoms with van der Waals surface area (Å²) in [6, 6.07) is 0. The zero-order chi connectivity index (χ0) is 15.7. The maximum absolute atomic E-state index is 14.0. The molecular formula is C10H8FN7O2S. The standard InChI is InChI=1S/C10H8FN7O2S/c1-17-10(19)18(16-15-17)8-6(7(11)4-13-14-8)5-20-9-12-2-3-21-9/h2-4H,5H2,1H3/i2T. The van der Waals surface area contributed by atoms with Crippen molar-refractivity contribution in [1.29, 1.82) is 0 Å². The Hall–Kier alpha value is -2.69.